The number of rotatable bonds is 3. The number of nitrogens with zero attached hydrogens (tertiary/aromatic N) is 1. The molecule has 17 heavy (non-hydrogen) atoms. The van der Waals surface area contributed by atoms with Crippen LogP contribution in [0.4, 0.5) is 11.4 Å². The van der Waals surface area contributed by atoms with E-state index < -0.39 is 0 Å². The highest BCUT2D eigenvalue weighted by Gasteiger charge is 2.39. The molecule has 2 bridgehead atoms. The first kappa shape index (κ1) is 10.9. The Labute approximate surface area is 104 Å². The third kappa shape index (κ3) is 2.01. The van der Waals surface area contributed by atoms with E-state index in [1.165, 1.54) is 37.9 Å². The van der Waals surface area contributed by atoms with Crippen LogP contribution >= 0.6 is 0 Å². The minimum absolute atomic E-state index is 0.901. The minimum Gasteiger partial charge on any atom is -0.397 e. The molecule has 2 nitrogen and oxygen atoms in total. The topological polar surface area (TPSA) is 29.3 Å². The monoisotopic (exact) mass is 230 g/mol. The van der Waals surface area contributed by atoms with Crippen molar-refractivity contribution in [2.75, 3.05) is 24.2 Å². The summed E-state index contributed by atoms with van der Waals surface area (Å²) in [6, 6.07) is 8.20. The van der Waals surface area contributed by atoms with Gasteiger partial charge in [-0.3, -0.25) is 0 Å². The molecule has 0 spiro atoms. The van der Waals surface area contributed by atoms with E-state index in [0.29, 0.717) is 0 Å². The molecule has 92 valence electrons. The number of hydrogen-bond donors (Lipinski definition) is 1. The van der Waals surface area contributed by atoms with Gasteiger partial charge in [0.05, 0.1) is 11.4 Å². The summed E-state index contributed by atoms with van der Waals surface area (Å²) in [6.45, 7) is 1.18. The molecule has 2 saturated carbocycles. The lowest BCUT2D eigenvalue weighted by molar-refractivity contribution is 0.337. The minimum atomic E-state index is 0.901. The maximum absolute atomic E-state index is 6.03. The summed E-state index contributed by atoms with van der Waals surface area (Å²) in [4.78, 5) is 2.35. The summed E-state index contributed by atoms with van der Waals surface area (Å²) in [5, 5.41) is 0. The molecule has 0 amide bonds. The van der Waals surface area contributed by atoms with E-state index in [1.54, 1.807) is 0 Å². The van der Waals surface area contributed by atoms with Crippen LogP contribution in [0.3, 0.4) is 0 Å². The summed E-state index contributed by atoms with van der Waals surface area (Å²) >= 11 is 0. The Bertz CT molecular complexity index is 402. The normalized spacial score (nSPS) is 30.8. The molecule has 2 aliphatic carbocycles. The van der Waals surface area contributed by atoms with Gasteiger partial charge in [-0.25, -0.2) is 0 Å². The van der Waals surface area contributed by atoms with Crippen molar-refractivity contribution in [3.8, 4) is 0 Å². The number of nitrogens with two attached hydrogens (primary N) is 1. The molecule has 0 saturated heterocycles. The summed E-state index contributed by atoms with van der Waals surface area (Å²) in [5.41, 5.74) is 8.12. The van der Waals surface area contributed by atoms with Gasteiger partial charge in [0.25, 0.3) is 0 Å². The fourth-order valence-corrected chi connectivity index (χ4v) is 3.89. The molecule has 3 rings (SSSR count). The number of hydrogen-bond acceptors (Lipinski definition) is 2. The Balaban J connectivity index is 1.68. The molecule has 0 aliphatic heterocycles. The molecule has 2 fully saturated rings. The van der Waals surface area contributed by atoms with Crippen molar-refractivity contribution in [3.63, 3.8) is 0 Å². The average Bonchev–Trinajstić information content (AvgIpc) is 2.91. The third-order valence-corrected chi connectivity index (χ3v) is 4.74. The highest BCUT2D eigenvalue weighted by Crippen LogP contribution is 2.48. The number of benzene rings is 1. The van der Waals surface area contributed by atoms with Crippen LogP contribution in [-0.4, -0.2) is 13.6 Å². The van der Waals surface area contributed by atoms with E-state index in [2.05, 4.69) is 24.1 Å². The second-order valence-corrected chi connectivity index (χ2v) is 5.87. The first-order chi connectivity index (χ1) is 8.24. The molecular formula is C15H22N2. The van der Waals surface area contributed by atoms with E-state index in [9.17, 15) is 0 Å². The number of para-hydroxylation sites is 2. The van der Waals surface area contributed by atoms with Gasteiger partial charge in [-0.2, -0.15) is 0 Å². The van der Waals surface area contributed by atoms with E-state index in [1.807, 2.05) is 12.1 Å². The molecule has 2 N–H and O–H groups in total. The lowest BCUT2D eigenvalue weighted by Gasteiger charge is -2.29. The van der Waals surface area contributed by atoms with Gasteiger partial charge in [0.15, 0.2) is 0 Å². The Morgan fingerprint density at radius 2 is 2.06 bits per heavy atom. The second kappa shape index (κ2) is 4.25. The Kier molecular flexibility index (Phi) is 2.73. The van der Waals surface area contributed by atoms with Gasteiger partial charge in [-0.05, 0) is 49.1 Å². The van der Waals surface area contributed by atoms with E-state index in [4.69, 9.17) is 5.73 Å². The van der Waals surface area contributed by atoms with Crippen LogP contribution in [0, 0.1) is 17.8 Å². The molecule has 2 aliphatic rings. The smallest absolute Gasteiger partial charge is 0.0597 e. The van der Waals surface area contributed by atoms with Crippen molar-refractivity contribution in [3.05, 3.63) is 24.3 Å². The van der Waals surface area contributed by atoms with Gasteiger partial charge in [0, 0.05) is 13.6 Å². The van der Waals surface area contributed by atoms with Crippen molar-refractivity contribution in [2.24, 2.45) is 17.8 Å². The van der Waals surface area contributed by atoms with Crippen LogP contribution in [0.25, 0.3) is 0 Å². The Morgan fingerprint density at radius 3 is 2.71 bits per heavy atom. The van der Waals surface area contributed by atoms with Gasteiger partial charge in [0.1, 0.15) is 0 Å². The van der Waals surface area contributed by atoms with Gasteiger partial charge in [0.2, 0.25) is 0 Å². The van der Waals surface area contributed by atoms with E-state index in [-0.39, 0.29) is 0 Å². The van der Waals surface area contributed by atoms with Gasteiger partial charge in [-0.1, -0.05) is 18.6 Å². The molecule has 3 unspecified atom stereocenters. The first-order valence-electron chi connectivity index (χ1n) is 6.79. The van der Waals surface area contributed by atoms with Crippen LogP contribution < -0.4 is 10.6 Å². The van der Waals surface area contributed by atoms with Crippen LogP contribution in [0.2, 0.25) is 0 Å². The number of nitrogen functional groups attached to an aromatic ring is 1. The summed E-state index contributed by atoms with van der Waals surface area (Å²) in [6.07, 6.45) is 5.89. The van der Waals surface area contributed by atoms with Gasteiger partial charge in [-0.15, -0.1) is 0 Å². The van der Waals surface area contributed by atoms with Crippen molar-refractivity contribution in [2.45, 2.75) is 25.7 Å². The summed E-state index contributed by atoms with van der Waals surface area (Å²) in [5.74, 6) is 2.93. The van der Waals surface area contributed by atoms with Gasteiger partial charge < -0.3 is 10.6 Å². The number of fused-ring (bicyclic) bond motifs is 2. The highest BCUT2D eigenvalue weighted by atomic mass is 15.1. The summed E-state index contributed by atoms with van der Waals surface area (Å²) in [7, 11) is 2.18. The van der Waals surface area contributed by atoms with E-state index in [0.717, 1.165) is 23.4 Å². The zero-order chi connectivity index (χ0) is 11.8. The maximum atomic E-state index is 6.03. The fourth-order valence-electron chi connectivity index (χ4n) is 3.89. The second-order valence-electron chi connectivity index (χ2n) is 5.87. The van der Waals surface area contributed by atoms with Crippen LogP contribution in [0.15, 0.2) is 24.3 Å². The SMILES string of the molecule is CN(CC1CC2CCC1C2)c1ccccc1N. The lowest BCUT2D eigenvalue weighted by atomic mass is 9.88. The summed E-state index contributed by atoms with van der Waals surface area (Å²) < 4.78 is 0. The zero-order valence-electron chi connectivity index (χ0n) is 10.6. The number of anilines is 2. The third-order valence-electron chi connectivity index (χ3n) is 4.74. The molecule has 0 aromatic heterocycles. The molecule has 1 aromatic rings. The predicted molar refractivity (Wildman–Crippen MR) is 73.1 cm³/mol. The predicted octanol–water partition coefficient (Wildman–Crippen LogP) is 3.14. The Hall–Kier alpha value is -1.18. The molecular weight excluding hydrogens is 208 g/mol. The molecule has 0 radical (unpaired) electrons. The van der Waals surface area contributed by atoms with Crippen LogP contribution in [-0.2, 0) is 0 Å². The molecule has 0 heterocycles. The average molecular weight is 230 g/mol. The van der Waals surface area contributed by atoms with Gasteiger partial charge >= 0.3 is 0 Å². The quantitative estimate of drug-likeness (QED) is 0.808. The zero-order valence-corrected chi connectivity index (χ0v) is 10.6. The largest absolute Gasteiger partial charge is 0.397 e. The fraction of sp³-hybridized carbons (Fsp3) is 0.600. The van der Waals surface area contributed by atoms with Crippen molar-refractivity contribution in [1.29, 1.82) is 0 Å². The van der Waals surface area contributed by atoms with Crippen LogP contribution in [0.5, 0.6) is 0 Å². The molecule has 3 atom stereocenters. The van der Waals surface area contributed by atoms with Crippen molar-refractivity contribution < 1.29 is 0 Å². The standard InChI is InChI=1S/C15H22N2/c1-17(15-5-3-2-4-14(15)16)10-13-9-11-6-7-12(13)8-11/h2-5,11-13H,6-10,16H2,1H3. The lowest BCUT2D eigenvalue weighted by Crippen LogP contribution is -2.29. The van der Waals surface area contributed by atoms with Crippen LogP contribution in [0.1, 0.15) is 25.7 Å². The molecule has 2 heteroatoms. The molecule has 1 aromatic carbocycles. The highest BCUT2D eigenvalue weighted by molar-refractivity contribution is 5.66. The van der Waals surface area contributed by atoms with E-state index >= 15 is 0 Å². The van der Waals surface area contributed by atoms with Crippen molar-refractivity contribution >= 4 is 11.4 Å². The Morgan fingerprint density at radius 1 is 1.24 bits per heavy atom. The maximum Gasteiger partial charge on any atom is 0.0597 e. The first-order valence-corrected chi connectivity index (χ1v) is 6.79. The van der Waals surface area contributed by atoms with Crippen molar-refractivity contribution in [1.82, 2.24) is 0 Å².